The Balaban J connectivity index is 1.51. The van der Waals surface area contributed by atoms with Gasteiger partial charge in [0.15, 0.2) is 6.29 Å². The summed E-state index contributed by atoms with van der Waals surface area (Å²) < 4.78 is 20.0. The van der Waals surface area contributed by atoms with E-state index in [4.69, 9.17) is 18.9 Å². The molecule has 0 aliphatic heterocycles. The molecule has 192 valence electrons. The van der Waals surface area contributed by atoms with Gasteiger partial charge in [0.2, 0.25) is 0 Å². The number of nitrogens with one attached hydrogen (secondary N) is 2. The molecule has 10 heteroatoms. The van der Waals surface area contributed by atoms with E-state index in [9.17, 15) is 19.5 Å². The maximum Gasteiger partial charge on any atom is 0.407 e. The minimum Gasteiger partial charge on any atom is -0.459 e. The van der Waals surface area contributed by atoms with Crippen LogP contribution in [0.15, 0.2) is 24.3 Å². The fraction of sp³-hybridized carbons (Fsp3) is 0.708. The highest BCUT2D eigenvalue weighted by Gasteiger charge is 2.45. The van der Waals surface area contributed by atoms with Gasteiger partial charge in [-0.1, -0.05) is 13.2 Å². The second kappa shape index (κ2) is 14.0. The van der Waals surface area contributed by atoms with Gasteiger partial charge in [0, 0.05) is 18.7 Å². The summed E-state index contributed by atoms with van der Waals surface area (Å²) in [5.41, 5.74) is 0.795. The third kappa shape index (κ3) is 9.34. The number of carbonyl (C=O) groups excluding carboxylic acids is 3. The van der Waals surface area contributed by atoms with Crippen molar-refractivity contribution >= 4 is 18.2 Å². The molecule has 2 aliphatic carbocycles. The van der Waals surface area contributed by atoms with E-state index in [1.165, 1.54) is 0 Å². The van der Waals surface area contributed by atoms with Crippen LogP contribution >= 0.6 is 0 Å². The molecule has 2 aliphatic rings. The molecule has 2 amide bonds. The highest BCUT2D eigenvalue weighted by atomic mass is 16.6. The molecule has 2 rings (SSSR count). The number of ether oxygens (including phenoxy) is 4. The summed E-state index contributed by atoms with van der Waals surface area (Å²) in [5, 5.41) is 15.0. The van der Waals surface area contributed by atoms with Crippen molar-refractivity contribution in [2.24, 2.45) is 23.7 Å². The summed E-state index contributed by atoms with van der Waals surface area (Å²) in [5.74, 6) is 1.66. The highest BCUT2D eigenvalue weighted by molar-refractivity contribution is 5.86. The van der Waals surface area contributed by atoms with E-state index >= 15 is 0 Å². The minimum atomic E-state index is -1.05. The Kier molecular flexibility index (Phi) is 11.4. The number of carbonyl (C=O) groups is 3. The summed E-state index contributed by atoms with van der Waals surface area (Å²) in [6.45, 7) is 11.5. The first kappa shape index (κ1) is 27.7. The topological polar surface area (TPSA) is 132 Å². The number of esters is 1. The van der Waals surface area contributed by atoms with Crippen LogP contribution in [0.5, 0.6) is 0 Å². The molecule has 0 aromatic rings. The summed E-state index contributed by atoms with van der Waals surface area (Å²) in [6, 6.07) is 0. The van der Waals surface area contributed by atoms with E-state index in [-0.39, 0.29) is 26.4 Å². The lowest BCUT2D eigenvalue weighted by Gasteiger charge is -2.28. The smallest absolute Gasteiger partial charge is 0.407 e. The van der Waals surface area contributed by atoms with Gasteiger partial charge in [0.05, 0.1) is 6.61 Å². The van der Waals surface area contributed by atoms with E-state index in [0.717, 1.165) is 25.7 Å². The fourth-order valence-electron chi connectivity index (χ4n) is 4.62. The van der Waals surface area contributed by atoms with Crippen LogP contribution in [0.2, 0.25) is 0 Å². The number of hydrogen-bond donors (Lipinski definition) is 3. The monoisotopic (exact) mass is 482 g/mol. The average Bonchev–Trinajstić information content (AvgIpc) is 3.38. The Bertz CT molecular complexity index is 740. The van der Waals surface area contributed by atoms with Crippen LogP contribution in [-0.2, 0) is 23.7 Å². The molecule has 0 aromatic heterocycles. The molecular formula is C24H38N2O8. The second-order valence-corrected chi connectivity index (χ2v) is 9.10. The molecule has 2 bridgehead atoms. The largest absolute Gasteiger partial charge is 0.459 e. The quantitative estimate of drug-likeness (QED) is 0.0859. The lowest BCUT2D eigenvalue weighted by atomic mass is 9.80. The number of amides is 2. The van der Waals surface area contributed by atoms with Gasteiger partial charge in [-0.3, -0.25) is 0 Å². The van der Waals surface area contributed by atoms with Crippen molar-refractivity contribution in [3.63, 3.8) is 0 Å². The van der Waals surface area contributed by atoms with E-state index in [1.54, 1.807) is 13.8 Å². The predicted molar refractivity (Wildman–Crippen MR) is 124 cm³/mol. The normalized spacial score (nSPS) is 23.6. The number of hydrogen-bond acceptors (Lipinski definition) is 8. The van der Waals surface area contributed by atoms with Crippen molar-refractivity contribution in [3.05, 3.63) is 24.3 Å². The molecule has 2 saturated carbocycles. The molecule has 5 atom stereocenters. The molecule has 5 unspecified atom stereocenters. The molecule has 2 fully saturated rings. The first-order chi connectivity index (χ1) is 16.2. The maximum atomic E-state index is 11.9. The summed E-state index contributed by atoms with van der Waals surface area (Å²) in [4.78, 5) is 34.8. The summed E-state index contributed by atoms with van der Waals surface area (Å²) in [6.07, 6.45) is 2.14. The first-order valence-electron chi connectivity index (χ1n) is 11.8. The van der Waals surface area contributed by atoms with Gasteiger partial charge in [-0.25, -0.2) is 14.4 Å². The van der Waals surface area contributed by atoms with Crippen molar-refractivity contribution in [1.29, 1.82) is 0 Å². The van der Waals surface area contributed by atoms with Gasteiger partial charge < -0.3 is 34.7 Å². The molecule has 3 N–H and O–H groups in total. The summed E-state index contributed by atoms with van der Waals surface area (Å²) >= 11 is 0. The Labute approximate surface area is 201 Å². The number of rotatable bonds is 14. The Morgan fingerprint density at radius 3 is 2.09 bits per heavy atom. The number of fused-ring (bicyclic) bond motifs is 2. The van der Waals surface area contributed by atoms with Crippen LogP contribution < -0.4 is 10.6 Å². The zero-order valence-electron chi connectivity index (χ0n) is 20.2. The Hall–Kier alpha value is -2.59. The van der Waals surface area contributed by atoms with Crippen LogP contribution in [0.1, 0.15) is 39.5 Å². The number of aliphatic hydroxyl groups excluding tert-OH is 1. The van der Waals surface area contributed by atoms with Crippen molar-refractivity contribution < 1.29 is 38.4 Å². The van der Waals surface area contributed by atoms with Crippen molar-refractivity contribution in [2.45, 2.75) is 45.8 Å². The minimum absolute atomic E-state index is 0.000368. The van der Waals surface area contributed by atoms with E-state index in [0.29, 0.717) is 47.9 Å². The lowest BCUT2D eigenvalue weighted by Crippen LogP contribution is -2.34. The van der Waals surface area contributed by atoms with Crippen molar-refractivity contribution in [3.8, 4) is 0 Å². The standard InChI is InChI=1S/C24H38N2O8/c1-15(2)21(27)31-7-9-33-23(29)25-6-5-17-11-19-12-18(17)13-20(19)14-26-24(30)34-10-8-32-22(28)16(3)4/h17-20,22,28H,1,3,5-14H2,2,4H3,(H,25,29)(H,26,30). The number of alkyl carbamates (subject to hydrolysis) is 2. The lowest BCUT2D eigenvalue weighted by molar-refractivity contribution is -0.139. The second-order valence-electron chi connectivity index (χ2n) is 9.10. The van der Waals surface area contributed by atoms with Crippen LogP contribution in [-0.4, -0.2) is 69.1 Å². The van der Waals surface area contributed by atoms with Crippen LogP contribution in [0.25, 0.3) is 0 Å². The van der Waals surface area contributed by atoms with Crippen LogP contribution in [0.3, 0.4) is 0 Å². The summed E-state index contributed by atoms with van der Waals surface area (Å²) in [7, 11) is 0. The Morgan fingerprint density at radius 1 is 0.882 bits per heavy atom. The van der Waals surface area contributed by atoms with Crippen molar-refractivity contribution in [1.82, 2.24) is 10.6 Å². The van der Waals surface area contributed by atoms with E-state index < -0.39 is 24.4 Å². The van der Waals surface area contributed by atoms with E-state index in [2.05, 4.69) is 23.8 Å². The zero-order valence-corrected chi connectivity index (χ0v) is 20.2. The van der Waals surface area contributed by atoms with E-state index in [1.807, 2.05) is 0 Å². The molecule has 0 aromatic carbocycles. The van der Waals surface area contributed by atoms with Gasteiger partial charge in [-0.2, -0.15) is 0 Å². The first-order valence-corrected chi connectivity index (χ1v) is 11.8. The van der Waals surface area contributed by atoms with Gasteiger partial charge in [-0.05, 0) is 68.8 Å². The molecule has 0 radical (unpaired) electrons. The van der Waals surface area contributed by atoms with Crippen LogP contribution in [0.4, 0.5) is 9.59 Å². The highest BCUT2D eigenvalue weighted by Crippen LogP contribution is 2.52. The fourth-order valence-corrected chi connectivity index (χ4v) is 4.62. The van der Waals surface area contributed by atoms with Gasteiger partial charge >= 0.3 is 18.2 Å². The maximum absolute atomic E-state index is 11.9. The molecule has 34 heavy (non-hydrogen) atoms. The molecule has 0 heterocycles. The third-order valence-electron chi connectivity index (χ3n) is 6.35. The molecule has 10 nitrogen and oxygen atoms in total. The molecule has 0 spiro atoms. The molecular weight excluding hydrogens is 444 g/mol. The SMILES string of the molecule is C=C(C)C(=O)OCCOC(=O)NCCC1CC2CC1CC2CNC(=O)OCCOC(O)C(=C)C. The zero-order chi connectivity index (χ0) is 25.1. The molecule has 0 saturated heterocycles. The number of aliphatic hydroxyl groups is 1. The van der Waals surface area contributed by atoms with Gasteiger partial charge in [-0.15, -0.1) is 0 Å². The average molecular weight is 483 g/mol. The van der Waals surface area contributed by atoms with Gasteiger partial charge in [0.25, 0.3) is 0 Å². The third-order valence-corrected chi connectivity index (χ3v) is 6.35. The van der Waals surface area contributed by atoms with Crippen molar-refractivity contribution in [2.75, 3.05) is 39.5 Å². The Morgan fingerprint density at radius 2 is 1.47 bits per heavy atom. The van der Waals surface area contributed by atoms with Crippen LogP contribution in [0, 0.1) is 23.7 Å². The van der Waals surface area contributed by atoms with Gasteiger partial charge in [0.1, 0.15) is 19.8 Å². The predicted octanol–water partition coefficient (Wildman–Crippen LogP) is 2.52.